The van der Waals surface area contributed by atoms with Crippen LogP contribution in [0, 0.1) is 13.0 Å². The molecule has 0 aromatic heterocycles. The van der Waals surface area contributed by atoms with Gasteiger partial charge in [0.1, 0.15) is 5.75 Å². The first-order chi connectivity index (χ1) is 8.74. The summed E-state index contributed by atoms with van der Waals surface area (Å²) in [4.78, 5) is 1.24. The fourth-order valence-corrected chi connectivity index (χ4v) is 2.55. The van der Waals surface area contributed by atoms with Crippen molar-refractivity contribution in [2.75, 3.05) is 12.9 Å². The molecule has 0 spiro atoms. The van der Waals surface area contributed by atoms with E-state index in [1.165, 1.54) is 16.0 Å². The summed E-state index contributed by atoms with van der Waals surface area (Å²) < 4.78 is 5.17. The van der Waals surface area contributed by atoms with Gasteiger partial charge in [-0.15, -0.1) is 11.8 Å². The zero-order chi connectivity index (χ0) is 13.0. The molecule has 2 rings (SSSR count). The Kier molecular flexibility index (Phi) is 4.32. The van der Waals surface area contributed by atoms with Gasteiger partial charge in [0, 0.05) is 11.0 Å². The van der Waals surface area contributed by atoms with E-state index >= 15 is 0 Å². The number of rotatable bonds is 4. The van der Waals surface area contributed by atoms with E-state index in [0.29, 0.717) is 0 Å². The molecule has 1 nitrogen and oxygen atoms in total. The van der Waals surface area contributed by atoms with Crippen LogP contribution in [0.4, 0.5) is 0 Å². The van der Waals surface area contributed by atoms with Crippen molar-refractivity contribution in [2.45, 2.75) is 18.7 Å². The monoisotopic (exact) mass is 257 g/mol. The van der Waals surface area contributed by atoms with Crippen LogP contribution in [0.15, 0.2) is 41.3 Å². The van der Waals surface area contributed by atoms with Crippen LogP contribution < -0.4 is 4.74 Å². The smallest absolute Gasteiger partial charge is 0.118 e. The van der Waals surface area contributed by atoms with E-state index in [1.54, 1.807) is 7.11 Å². The topological polar surface area (TPSA) is 9.23 Å². The first kappa shape index (κ1) is 13.0. The Morgan fingerprint density at radius 3 is 2.44 bits per heavy atom. The standard InChI is InChI=1S/C16H17OS/c1-4-18-16-11-14(6-5-12(16)2)13-7-9-15(17-3)10-8-13/h5-10H,4H2,1-3H3. The molecule has 0 aliphatic carbocycles. The largest absolute Gasteiger partial charge is 0.497 e. The van der Waals surface area contributed by atoms with E-state index in [4.69, 9.17) is 4.74 Å². The molecule has 0 aliphatic heterocycles. The Hall–Kier alpha value is -1.41. The van der Waals surface area contributed by atoms with Gasteiger partial charge in [-0.2, -0.15) is 0 Å². The lowest BCUT2D eigenvalue weighted by Gasteiger charge is -2.08. The Labute approximate surface area is 113 Å². The Morgan fingerprint density at radius 1 is 1.11 bits per heavy atom. The summed E-state index contributed by atoms with van der Waals surface area (Å²) in [5.74, 6) is 1.96. The molecule has 0 atom stereocenters. The van der Waals surface area contributed by atoms with Crippen molar-refractivity contribution in [1.29, 1.82) is 0 Å². The number of methoxy groups -OCH3 is 1. The lowest BCUT2D eigenvalue weighted by Crippen LogP contribution is -1.86. The highest BCUT2D eigenvalue weighted by atomic mass is 32.2. The third kappa shape index (κ3) is 2.88. The van der Waals surface area contributed by atoms with Gasteiger partial charge in [0.2, 0.25) is 0 Å². The summed E-state index contributed by atoms with van der Waals surface area (Å²) in [6.07, 6.45) is 0. The molecule has 1 radical (unpaired) electrons. The highest BCUT2D eigenvalue weighted by Gasteiger charge is 2.03. The predicted molar refractivity (Wildman–Crippen MR) is 78.4 cm³/mol. The van der Waals surface area contributed by atoms with Crippen LogP contribution in [-0.4, -0.2) is 12.9 Å². The fourth-order valence-electron chi connectivity index (χ4n) is 1.78. The molecule has 0 amide bonds. The van der Waals surface area contributed by atoms with Crippen molar-refractivity contribution in [3.8, 4) is 16.9 Å². The van der Waals surface area contributed by atoms with Gasteiger partial charge < -0.3 is 4.74 Å². The maximum absolute atomic E-state index is 5.17. The second-order valence-corrected chi connectivity index (χ2v) is 5.32. The second-order valence-electron chi connectivity index (χ2n) is 4.05. The van der Waals surface area contributed by atoms with Crippen molar-refractivity contribution < 1.29 is 4.74 Å². The number of ether oxygens (including phenoxy) is 1. The van der Waals surface area contributed by atoms with E-state index in [-0.39, 0.29) is 0 Å². The molecule has 18 heavy (non-hydrogen) atoms. The van der Waals surface area contributed by atoms with Crippen LogP contribution >= 0.6 is 11.8 Å². The van der Waals surface area contributed by atoms with Crippen LogP contribution in [0.5, 0.6) is 5.75 Å². The van der Waals surface area contributed by atoms with E-state index < -0.39 is 0 Å². The molecule has 0 saturated carbocycles. The van der Waals surface area contributed by atoms with Gasteiger partial charge in [0.05, 0.1) is 7.11 Å². The molecule has 0 bridgehead atoms. The zero-order valence-electron chi connectivity index (χ0n) is 11.0. The van der Waals surface area contributed by atoms with Crippen molar-refractivity contribution in [2.24, 2.45) is 0 Å². The molecular weight excluding hydrogens is 240 g/mol. The Balaban J connectivity index is 2.34. The van der Waals surface area contributed by atoms with Gasteiger partial charge in [0.25, 0.3) is 0 Å². The number of aryl methyl sites for hydroxylation is 1. The predicted octanol–water partition coefficient (Wildman–Crippen LogP) is 4.58. The molecular formula is C16H17OS. The van der Waals surface area contributed by atoms with E-state index in [1.807, 2.05) is 23.9 Å². The van der Waals surface area contributed by atoms with E-state index in [9.17, 15) is 0 Å². The fraction of sp³-hybridized carbons (Fsp3) is 0.250. The van der Waals surface area contributed by atoms with Crippen LogP contribution in [0.2, 0.25) is 0 Å². The van der Waals surface area contributed by atoms with Crippen molar-refractivity contribution in [3.05, 3.63) is 48.0 Å². The molecule has 0 heterocycles. The van der Waals surface area contributed by atoms with Crippen molar-refractivity contribution in [3.63, 3.8) is 0 Å². The molecule has 93 valence electrons. The first-order valence-corrected chi connectivity index (χ1v) is 7.03. The Bertz CT molecular complexity index is 517. The minimum Gasteiger partial charge on any atom is -0.497 e. The minimum atomic E-state index is 0.883. The van der Waals surface area contributed by atoms with Crippen molar-refractivity contribution in [1.82, 2.24) is 0 Å². The SMILES string of the molecule is CCSc1[c]c(-c2ccc(OC)cc2)ccc1C. The van der Waals surface area contributed by atoms with Gasteiger partial charge in [-0.25, -0.2) is 0 Å². The van der Waals surface area contributed by atoms with Crippen molar-refractivity contribution >= 4 is 11.8 Å². The number of hydrogen-bond acceptors (Lipinski definition) is 2. The summed E-state index contributed by atoms with van der Waals surface area (Å²) in [5.41, 5.74) is 3.60. The summed E-state index contributed by atoms with van der Waals surface area (Å²) in [5, 5.41) is 0. The quantitative estimate of drug-likeness (QED) is 0.741. The average molecular weight is 257 g/mol. The molecule has 0 fully saturated rings. The average Bonchev–Trinajstić information content (AvgIpc) is 2.42. The minimum absolute atomic E-state index is 0.883. The molecule has 2 heteroatoms. The molecule has 2 aromatic rings. The first-order valence-electron chi connectivity index (χ1n) is 6.04. The summed E-state index contributed by atoms with van der Waals surface area (Å²) in [6, 6.07) is 15.9. The van der Waals surface area contributed by atoms with E-state index in [2.05, 4.69) is 44.2 Å². The van der Waals surface area contributed by atoms with Gasteiger partial charge in [0.15, 0.2) is 0 Å². The van der Waals surface area contributed by atoms with Gasteiger partial charge in [-0.1, -0.05) is 31.2 Å². The summed E-state index contributed by atoms with van der Waals surface area (Å²) >= 11 is 1.84. The highest BCUT2D eigenvalue weighted by molar-refractivity contribution is 7.99. The summed E-state index contributed by atoms with van der Waals surface area (Å²) in [7, 11) is 1.68. The Morgan fingerprint density at radius 2 is 1.83 bits per heavy atom. The third-order valence-corrected chi connectivity index (χ3v) is 3.80. The number of benzene rings is 2. The van der Waals surface area contributed by atoms with Gasteiger partial charge in [-0.05, 0) is 41.5 Å². The molecule has 2 aromatic carbocycles. The summed E-state index contributed by atoms with van der Waals surface area (Å²) in [6.45, 7) is 4.30. The molecule has 0 saturated heterocycles. The van der Waals surface area contributed by atoms with Gasteiger partial charge in [-0.3, -0.25) is 0 Å². The lowest BCUT2D eigenvalue weighted by molar-refractivity contribution is 0.415. The van der Waals surface area contributed by atoms with Gasteiger partial charge >= 0.3 is 0 Å². The van der Waals surface area contributed by atoms with Crippen LogP contribution in [0.25, 0.3) is 11.1 Å². The maximum Gasteiger partial charge on any atom is 0.118 e. The molecule has 0 aliphatic rings. The van der Waals surface area contributed by atoms with Crippen LogP contribution in [-0.2, 0) is 0 Å². The molecule has 0 N–H and O–H groups in total. The highest BCUT2D eigenvalue weighted by Crippen LogP contribution is 2.28. The maximum atomic E-state index is 5.17. The zero-order valence-corrected chi connectivity index (χ0v) is 11.8. The third-order valence-electron chi connectivity index (χ3n) is 2.80. The lowest BCUT2D eigenvalue weighted by atomic mass is 10.0. The molecule has 0 unspecified atom stereocenters. The van der Waals surface area contributed by atoms with E-state index in [0.717, 1.165) is 17.1 Å². The second kappa shape index (κ2) is 5.96. The van der Waals surface area contributed by atoms with Crippen LogP contribution in [0.1, 0.15) is 12.5 Å². The van der Waals surface area contributed by atoms with Crippen LogP contribution in [0.3, 0.4) is 0 Å². The number of thioether (sulfide) groups is 1. The normalized spacial score (nSPS) is 10.4. The number of hydrogen-bond donors (Lipinski definition) is 0.